The molecule has 0 saturated carbocycles. The highest BCUT2D eigenvalue weighted by Gasteiger charge is 2.32. The van der Waals surface area contributed by atoms with E-state index in [4.69, 9.17) is 0 Å². The van der Waals surface area contributed by atoms with Crippen LogP contribution in [0.5, 0.6) is 0 Å². The number of amides is 1. The molecule has 0 bridgehead atoms. The standard InChI is InChI=1S/C13H14N2O3S2/c16-9-5-15(6-10(9)17)12(18)4-8-7-20-13(14-8)11-2-1-3-19-11/h1-3,7,9-10,16-17H,4-6H2/t9-,10+. The van der Waals surface area contributed by atoms with Crippen LogP contribution in [0.25, 0.3) is 9.88 Å². The fourth-order valence-electron chi connectivity index (χ4n) is 2.14. The first-order chi connectivity index (χ1) is 9.63. The van der Waals surface area contributed by atoms with Crippen LogP contribution >= 0.6 is 22.7 Å². The van der Waals surface area contributed by atoms with E-state index >= 15 is 0 Å². The van der Waals surface area contributed by atoms with Crippen molar-refractivity contribution < 1.29 is 15.0 Å². The molecule has 1 aliphatic rings. The second-order valence-electron chi connectivity index (χ2n) is 4.73. The predicted octanol–water partition coefficient (Wildman–Crippen LogP) is 0.978. The number of aromatic nitrogens is 1. The Labute approximate surface area is 124 Å². The molecule has 1 fully saturated rings. The summed E-state index contributed by atoms with van der Waals surface area (Å²) in [6.07, 6.45) is -1.46. The number of carbonyl (C=O) groups is 1. The maximum absolute atomic E-state index is 12.1. The number of hydrogen-bond acceptors (Lipinski definition) is 6. The van der Waals surface area contributed by atoms with E-state index in [1.807, 2.05) is 22.9 Å². The van der Waals surface area contributed by atoms with Crippen LogP contribution in [0, 0.1) is 0 Å². The molecule has 2 aromatic rings. The third kappa shape index (κ3) is 2.76. The molecule has 0 unspecified atom stereocenters. The number of thiophene rings is 1. The first kappa shape index (κ1) is 13.7. The first-order valence-corrected chi connectivity index (χ1v) is 8.01. The molecule has 2 aromatic heterocycles. The van der Waals surface area contributed by atoms with Crippen LogP contribution in [-0.4, -0.2) is 51.3 Å². The molecule has 3 heterocycles. The number of carbonyl (C=O) groups excluding carboxylic acids is 1. The van der Waals surface area contributed by atoms with Crippen molar-refractivity contribution in [3.63, 3.8) is 0 Å². The Bertz CT molecular complexity index is 587. The lowest BCUT2D eigenvalue weighted by Crippen LogP contribution is -2.31. The Morgan fingerprint density at radius 1 is 1.35 bits per heavy atom. The molecule has 20 heavy (non-hydrogen) atoms. The Balaban J connectivity index is 1.65. The van der Waals surface area contributed by atoms with Gasteiger partial charge in [0.15, 0.2) is 0 Å². The lowest BCUT2D eigenvalue weighted by atomic mass is 10.3. The van der Waals surface area contributed by atoms with E-state index in [1.165, 1.54) is 16.2 Å². The molecule has 7 heteroatoms. The molecule has 0 aliphatic carbocycles. The zero-order valence-corrected chi connectivity index (χ0v) is 12.2. The first-order valence-electron chi connectivity index (χ1n) is 6.25. The van der Waals surface area contributed by atoms with E-state index in [9.17, 15) is 15.0 Å². The van der Waals surface area contributed by atoms with Crippen molar-refractivity contribution in [1.82, 2.24) is 9.88 Å². The Morgan fingerprint density at radius 3 is 2.75 bits per heavy atom. The minimum Gasteiger partial charge on any atom is -0.388 e. The molecule has 0 radical (unpaired) electrons. The third-order valence-corrected chi connectivity index (χ3v) is 5.16. The van der Waals surface area contributed by atoms with Gasteiger partial charge in [0.25, 0.3) is 0 Å². The summed E-state index contributed by atoms with van der Waals surface area (Å²) in [5.74, 6) is -0.108. The normalized spacial score (nSPS) is 22.4. The van der Waals surface area contributed by atoms with Gasteiger partial charge in [-0.15, -0.1) is 22.7 Å². The van der Waals surface area contributed by atoms with E-state index in [1.54, 1.807) is 11.3 Å². The van der Waals surface area contributed by atoms with Gasteiger partial charge in [0.2, 0.25) is 5.91 Å². The molecule has 106 valence electrons. The maximum atomic E-state index is 12.1. The summed E-state index contributed by atoms with van der Waals surface area (Å²) in [6.45, 7) is 0.393. The van der Waals surface area contributed by atoms with Crippen LogP contribution in [-0.2, 0) is 11.2 Å². The van der Waals surface area contributed by atoms with Gasteiger partial charge in [0.1, 0.15) is 5.01 Å². The quantitative estimate of drug-likeness (QED) is 0.886. The van der Waals surface area contributed by atoms with E-state index in [-0.39, 0.29) is 25.4 Å². The van der Waals surface area contributed by atoms with Crippen LogP contribution in [0.2, 0.25) is 0 Å². The Hall–Kier alpha value is -1.28. The molecule has 1 amide bonds. The van der Waals surface area contributed by atoms with Crippen LogP contribution in [0.4, 0.5) is 0 Å². The molecule has 0 aromatic carbocycles. The number of thiazole rings is 1. The van der Waals surface area contributed by atoms with Crippen LogP contribution in [0.3, 0.4) is 0 Å². The topological polar surface area (TPSA) is 73.7 Å². The molecule has 5 nitrogen and oxygen atoms in total. The van der Waals surface area contributed by atoms with E-state index in [2.05, 4.69) is 4.98 Å². The van der Waals surface area contributed by atoms with Crippen molar-refractivity contribution in [3.8, 4) is 9.88 Å². The lowest BCUT2D eigenvalue weighted by Gasteiger charge is -2.14. The molecule has 0 spiro atoms. The molecular weight excluding hydrogens is 296 g/mol. The maximum Gasteiger partial charge on any atom is 0.228 e. The number of hydrogen-bond donors (Lipinski definition) is 2. The van der Waals surface area contributed by atoms with Gasteiger partial charge in [-0.3, -0.25) is 4.79 Å². The number of aliphatic hydroxyl groups is 2. The second-order valence-corrected chi connectivity index (χ2v) is 6.54. The average molecular weight is 310 g/mol. The summed E-state index contributed by atoms with van der Waals surface area (Å²) < 4.78 is 0. The smallest absolute Gasteiger partial charge is 0.228 e. The minimum absolute atomic E-state index is 0.108. The van der Waals surface area contributed by atoms with E-state index in [0.29, 0.717) is 0 Å². The minimum atomic E-state index is -0.837. The molecular formula is C13H14N2O3S2. The molecule has 2 atom stereocenters. The summed E-state index contributed by atoms with van der Waals surface area (Å²) in [7, 11) is 0. The van der Waals surface area contributed by atoms with Gasteiger partial charge in [-0.25, -0.2) is 4.98 Å². The van der Waals surface area contributed by atoms with Crippen molar-refractivity contribution in [3.05, 3.63) is 28.6 Å². The monoisotopic (exact) mass is 310 g/mol. The SMILES string of the molecule is O=C(Cc1csc(-c2cccs2)n1)N1C[C@@H](O)[C@@H](O)C1. The van der Waals surface area contributed by atoms with Gasteiger partial charge in [0.05, 0.1) is 29.2 Å². The number of β-amino-alcohol motifs (C(OH)–C–C–N with tert-alkyl or cyclic N) is 2. The van der Waals surface area contributed by atoms with Crippen LogP contribution < -0.4 is 0 Å². The highest BCUT2D eigenvalue weighted by atomic mass is 32.1. The molecule has 1 aliphatic heterocycles. The summed E-state index contributed by atoms with van der Waals surface area (Å²) in [5.41, 5.74) is 0.735. The largest absolute Gasteiger partial charge is 0.388 e. The third-order valence-electron chi connectivity index (χ3n) is 3.23. The van der Waals surface area contributed by atoms with Crippen molar-refractivity contribution in [1.29, 1.82) is 0 Å². The highest BCUT2D eigenvalue weighted by Crippen LogP contribution is 2.28. The summed E-state index contributed by atoms with van der Waals surface area (Å²) in [5, 5.41) is 23.7. The van der Waals surface area contributed by atoms with E-state index in [0.717, 1.165) is 15.6 Å². The average Bonchev–Trinajstić information content (AvgIpc) is 3.11. The van der Waals surface area contributed by atoms with Gasteiger partial charge in [-0.1, -0.05) is 6.07 Å². The fraction of sp³-hybridized carbons (Fsp3) is 0.385. The molecule has 1 saturated heterocycles. The number of likely N-dealkylation sites (tertiary alicyclic amines) is 1. The fourth-order valence-corrected chi connectivity index (χ4v) is 3.78. The zero-order valence-electron chi connectivity index (χ0n) is 10.6. The van der Waals surface area contributed by atoms with Gasteiger partial charge in [-0.2, -0.15) is 0 Å². The van der Waals surface area contributed by atoms with E-state index < -0.39 is 12.2 Å². The Kier molecular flexibility index (Phi) is 3.84. The summed E-state index contributed by atoms with van der Waals surface area (Å²) in [4.78, 5) is 19.1. The summed E-state index contributed by atoms with van der Waals surface area (Å²) in [6, 6.07) is 3.97. The van der Waals surface area contributed by atoms with Crippen molar-refractivity contribution >= 4 is 28.6 Å². The number of aliphatic hydroxyl groups excluding tert-OH is 2. The Morgan fingerprint density at radius 2 is 2.10 bits per heavy atom. The zero-order chi connectivity index (χ0) is 14.1. The molecule has 3 rings (SSSR count). The predicted molar refractivity (Wildman–Crippen MR) is 77.7 cm³/mol. The van der Waals surface area contributed by atoms with Crippen molar-refractivity contribution in [2.45, 2.75) is 18.6 Å². The number of nitrogens with zero attached hydrogens (tertiary/aromatic N) is 2. The van der Waals surface area contributed by atoms with Gasteiger partial charge in [0, 0.05) is 18.5 Å². The van der Waals surface area contributed by atoms with Crippen LogP contribution in [0.15, 0.2) is 22.9 Å². The summed E-state index contributed by atoms with van der Waals surface area (Å²) >= 11 is 3.14. The van der Waals surface area contributed by atoms with Crippen LogP contribution in [0.1, 0.15) is 5.69 Å². The van der Waals surface area contributed by atoms with Crippen molar-refractivity contribution in [2.75, 3.05) is 13.1 Å². The van der Waals surface area contributed by atoms with Gasteiger partial charge >= 0.3 is 0 Å². The van der Waals surface area contributed by atoms with Gasteiger partial charge < -0.3 is 15.1 Å². The van der Waals surface area contributed by atoms with Gasteiger partial charge in [-0.05, 0) is 11.4 Å². The number of rotatable bonds is 3. The highest BCUT2D eigenvalue weighted by molar-refractivity contribution is 7.20. The molecule has 2 N–H and O–H groups in total. The van der Waals surface area contributed by atoms with Crippen molar-refractivity contribution in [2.24, 2.45) is 0 Å². The lowest BCUT2D eigenvalue weighted by molar-refractivity contribution is -0.130. The second kappa shape index (κ2) is 5.61.